The van der Waals surface area contributed by atoms with E-state index in [0.29, 0.717) is 17.5 Å². The van der Waals surface area contributed by atoms with Crippen LogP contribution in [0.25, 0.3) is 101 Å². The number of rotatable bonds is 7. The van der Waals surface area contributed by atoms with Crippen LogP contribution in [0.4, 0.5) is 0 Å². The molecule has 8 aromatic carbocycles. The van der Waals surface area contributed by atoms with Crippen LogP contribution in [-0.2, 0) is 0 Å². The van der Waals surface area contributed by atoms with Gasteiger partial charge in [0, 0.05) is 27.5 Å². The summed E-state index contributed by atoms with van der Waals surface area (Å²) in [6.07, 6.45) is 0. The van der Waals surface area contributed by atoms with E-state index in [1.807, 2.05) is 54.6 Å². The Hall–Kier alpha value is -7.43. The van der Waals surface area contributed by atoms with Gasteiger partial charge in [-0.2, -0.15) is 0 Å². The van der Waals surface area contributed by atoms with E-state index in [9.17, 15) is 0 Å². The van der Waals surface area contributed by atoms with Crippen molar-refractivity contribution in [1.29, 1.82) is 0 Å². The average Bonchev–Trinajstić information content (AvgIpc) is 3.66. The Morgan fingerprint density at radius 3 is 1.16 bits per heavy atom. The van der Waals surface area contributed by atoms with E-state index in [-0.39, 0.29) is 0 Å². The van der Waals surface area contributed by atoms with Crippen LogP contribution >= 0.6 is 0 Å². The van der Waals surface area contributed by atoms with Crippen molar-refractivity contribution in [3.05, 3.63) is 200 Å². The quantitative estimate of drug-likeness (QED) is 0.166. The Morgan fingerprint density at radius 2 is 0.655 bits per heavy atom. The van der Waals surface area contributed by atoms with Crippen molar-refractivity contribution in [3.63, 3.8) is 0 Å². The van der Waals surface area contributed by atoms with Gasteiger partial charge in [0.1, 0.15) is 11.2 Å². The zero-order valence-corrected chi connectivity index (χ0v) is 29.8. The highest BCUT2D eigenvalue weighted by Crippen LogP contribution is 2.39. The molecule has 0 unspecified atom stereocenters. The van der Waals surface area contributed by atoms with Gasteiger partial charge in [-0.3, -0.25) is 0 Å². The zero-order valence-electron chi connectivity index (χ0n) is 29.8. The first kappa shape index (κ1) is 32.2. The van der Waals surface area contributed by atoms with Gasteiger partial charge in [-0.15, -0.1) is 0 Å². The lowest BCUT2D eigenvalue weighted by Gasteiger charge is -2.10. The zero-order chi connectivity index (χ0) is 36.6. The summed E-state index contributed by atoms with van der Waals surface area (Å²) in [7, 11) is 0. The second-order valence-electron chi connectivity index (χ2n) is 13.6. The van der Waals surface area contributed by atoms with Crippen LogP contribution < -0.4 is 0 Å². The highest BCUT2D eigenvalue weighted by Gasteiger charge is 2.18. The standard InChI is InChI=1S/C51H33N3O/c1-4-11-34(12-5-1)36-19-21-38(22-20-36)39-27-29-42(30-28-39)50-52-49(41-15-8-3-9-16-41)53-51(54-50)44-17-10-18-47-48(44)45-33-43(31-32-46(45)55-47)40-25-23-37(24-26-40)35-13-6-2-7-14-35/h1-33H. The van der Waals surface area contributed by atoms with E-state index >= 15 is 0 Å². The van der Waals surface area contributed by atoms with Crippen molar-refractivity contribution in [2.24, 2.45) is 0 Å². The van der Waals surface area contributed by atoms with Crippen LogP contribution in [0.15, 0.2) is 205 Å². The van der Waals surface area contributed by atoms with Crippen molar-refractivity contribution < 1.29 is 4.42 Å². The van der Waals surface area contributed by atoms with Crippen LogP contribution in [0.2, 0.25) is 0 Å². The summed E-state index contributed by atoms with van der Waals surface area (Å²) in [5.41, 5.74) is 13.6. The van der Waals surface area contributed by atoms with Crippen molar-refractivity contribution >= 4 is 21.9 Å². The molecule has 258 valence electrons. The first-order valence-corrected chi connectivity index (χ1v) is 18.4. The Balaban J connectivity index is 1.05. The molecule has 10 aromatic rings. The molecule has 10 rings (SSSR count). The summed E-state index contributed by atoms with van der Waals surface area (Å²) in [5.74, 6) is 1.82. The van der Waals surface area contributed by atoms with E-state index in [2.05, 4.69) is 146 Å². The smallest absolute Gasteiger partial charge is 0.164 e. The van der Waals surface area contributed by atoms with Crippen molar-refractivity contribution in [3.8, 4) is 78.7 Å². The molecule has 0 aliphatic rings. The second kappa shape index (κ2) is 13.8. The summed E-state index contributed by atoms with van der Waals surface area (Å²) < 4.78 is 6.43. The number of fused-ring (bicyclic) bond motifs is 3. The second-order valence-corrected chi connectivity index (χ2v) is 13.6. The number of hydrogen-bond acceptors (Lipinski definition) is 4. The van der Waals surface area contributed by atoms with Gasteiger partial charge in [0.25, 0.3) is 0 Å². The topological polar surface area (TPSA) is 51.8 Å². The SMILES string of the molecule is c1ccc(-c2ccc(-c3ccc(-c4nc(-c5ccccc5)nc(-c5cccc6oc7ccc(-c8ccc(-c9ccccc9)cc8)cc7c56)n4)cc3)cc2)cc1. The predicted octanol–water partition coefficient (Wildman–Crippen LogP) is 13.4. The molecule has 0 fully saturated rings. The number of aromatic nitrogens is 3. The molecular weight excluding hydrogens is 671 g/mol. The van der Waals surface area contributed by atoms with Crippen LogP contribution in [0.1, 0.15) is 0 Å². The molecule has 4 nitrogen and oxygen atoms in total. The number of furan rings is 1. The maximum absolute atomic E-state index is 6.43. The molecule has 0 saturated carbocycles. The molecule has 55 heavy (non-hydrogen) atoms. The summed E-state index contributed by atoms with van der Waals surface area (Å²) in [6.45, 7) is 0. The minimum absolute atomic E-state index is 0.593. The average molecular weight is 704 g/mol. The first-order chi connectivity index (χ1) is 27.2. The fourth-order valence-corrected chi connectivity index (χ4v) is 7.32. The third-order valence-electron chi connectivity index (χ3n) is 10.2. The van der Waals surface area contributed by atoms with Gasteiger partial charge < -0.3 is 4.42 Å². The van der Waals surface area contributed by atoms with E-state index in [0.717, 1.165) is 60.9 Å². The molecule has 2 heterocycles. The monoisotopic (exact) mass is 703 g/mol. The van der Waals surface area contributed by atoms with Gasteiger partial charge in [0.15, 0.2) is 17.5 Å². The number of hydrogen-bond donors (Lipinski definition) is 0. The van der Waals surface area contributed by atoms with E-state index in [4.69, 9.17) is 19.4 Å². The Kier molecular flexibility index (Phi) is 8.12. The molecule has 0 radical (unpaired) electrons. The summed E-state index contributed by atoms with van der Waals surface area (Å²) >= 11 is 0. The highest BCUT2D eigenvalue weighted by molar-refractivity contribution is 6.12. The van der Waals surface area contributed by atoms with E-state index < -0.39 is 0 Å². The molecular formula is C51H33N3O. The van der Waals surface area contributed by atoms with E-state index in [1.165, 1.54) is 22.3 Å². The van der Waals surface area contributed by atoms with Gasteiger partial charge >= 0.3 is 0 Å². The highest BCUT2D eigenvalue weighted by atomic mass is 16.3. The van der Waals surface area contributed by atoms with Crippen LogP contribution in [0.5, 0.6) is 0 Å². The largest absolute Gasteiger partial charge is 0.456 e. The van der Waals surface area contributed by atoms with Gasteiger partial charge in [-0.1, -0.05) is 182 Å². The minimum atomic E-state index is 0.593. The molecule has 0 spiro atoms. The Labute approximate surface area is 319 Å². The number of nitrogens with zero attached hydrogens (tertiary/aromatic N) is 3. The summed E-state index contributed by atoms with van der Waals surface area (Å²) in [5, 5.41) is 1.99. The van der Waals surface area contributed by atoms with Gasteiger partial charge in [0.2, 0.25) is 0 Å². The van der Waals surface area contributed by atoms with Gasteiger partial charge in [-0.05, 0) is 62.7 Å². The molecule has 0 N–H and O–H groups in total. The molecule has 4 heteroatoms. The third-order valence-corrected chi connectivity index (χ3v) is 10.2. The lowest BCUT2D eigenvalue weighted by atomic mass is 9.98. The maximum atomic E-state index is 6.43. The summed E-state index contributed by atoms with van der Waals surface area (Å²) in [6, 6.07) is 69.4. The van der Waals surface area contributed by atoms with Crippen molar-refractivity contribution in [2.75, 3.05) is 0 Å². The third kappa shape index (κ3) is 6.26. The van der Waals surface area contributed by atoms with Crippen LogP contribution in [0.3, 0.4) is 0 Å². The predicted molar refractivity (Wildman–Crippen MR) is 225 cm³/mol. The summed E-state index contributed by atoms with van der Waals surface area (Å²) in [4.78, 5) is 15.2. The van der Waals surface area contributed by atoms with Crippen LogP contribution in [0, 0.1) is 0 Å². The lowest BCUT2D eigenvalue weighted by Crippen LogP contribution is -2.00. The normalized spacial score (nSPS) is 11.3. The van der Waals surface area contributed by atoms with Gasteiger partial charge in [-0.25, -0.2) is 15.0 Å². The molecule has 0 saturated heterocycles. The Bertz CT molecular complexity index is 2920. The van der Waals surface area contributed by atoms with Crippen molar-refractivity contribution in [2.45, 2.75) is 0 Å². The Morgan fingerprint density at radius 1 is 0.273 bits per heavy atom. The van der Waals surface area contributed by atoms with Crippen LogP contribution in [-0.4, -0.2) is 15.0 Å². The fourth-order valence-electron chi connectivity index (χ4n) is 7.32. The molecule has 0 aliphatic carbocycles. The molecule has 0 atom stereocenters. The maximum Gasteiger partial charge on any atom is 0.164 e. The van der Waals surface area contributed by atoms with Gasteiger partial charge in [0.05, 0.1) is 0 Å². The minimum Gasteiger partial charge on any atom is -0.456 e. The first-order valence-electron chi connectivity index (χ1n) is 18.4. The lowest BCUT2D eigenvalue weighted by molar-refractivity contribution is 0.669. The van der Waals surface area contributed by atoms with E-state index in [1.54, 1.807) is 0 Å². The molecule has 0 amide bonds. The molecule has 0 bridgehead atoms. The molecule has 2 aromatic heterocycles. The van der Waals surface area contributed by atoms with Crippen molar-refractivity contribution in [1.82, 2.24) is 15.0 Å². The number of benzene rings is 8. The fraction of sp³-hybridized carbons (Fsp3) is 0. The molecule has 0 aliphatic heterocycles.